The molecule has 3 rings (SSSR count). The fraction of sp³-hybridized carbons (Fsp3) is 0.500. The minimum atomic E-state index is -0.763. The number of aromatic nitrogens is 2. The van der Waals surface area contributed by atoms with Crippen molar-refractivity contribution in [2.45, 2.75) is 23.6 Å². The van der Waals surface area contributed by atoms with Crippen molar-refractivity contribution < 1.29 is 9.84 Å². The molecule has 1 aromatic heterocycles. The highest BCUT2D eigenvalue weighted by molar-refractivity contribution is 7.99. The molecule has 1 atom stereocenters. The van der Waals surface area contributed by atoms with Crippen LogP contribution in [0.4, 0.5) is 0 Å². The summed E-state index contributed by atoms with van der Waals surface area (Å²) in [6, 6.07) is 5.73. The Morgan fingerprint density at radius 3 is 3.00 bits per heavy atom. The van der Waals surface area contributed by atoms with Gasteiger partial charge >= 0.3 is 0 Å². The molecule has 1 saturated carbocycles. The van der Waals surface area contributed by atoms with Crippen LogP contribution in [0.5, 0.6) is 5.75 Å². The number of ether oxygens (including phenoxy) is 1. The van der Waals surface area contributed by atoms with Gasteiger partial charge in [0.2, 0.25) is 0 Å². The summed E-state index contributed by atoms with van der Waals surface area (Å²) in [4.78, 5) is 7.75. The topological polar surface area (TPSA) is 84.2 Å². The molecule has 5 nitrogen and oxygen atoms in total. The average Bonchev–Trinajstić information content (AvgIpc) is 3.25. The number of thioether (sulfide) groups is 1. The first-order valence-electron chi connectivity index (χ1n) is 6.73. The predicted molar refractivity (Wildman–Crippen MR) is 80.1 cm³/mol. The number of nitrogens with two attached hydrogens (primary N) is 1. The summed E-state index contributed by atoms with van der Waals surface area (Å²) in [5.41, 5.74) is 6.79. The van der Waals surface area contributed by atoms with Gasteiger partial charge in [-0.15, -0.1) is 0 Å². The fourth-order valence-corrected chi connectivity index (χ4v) is 3.40. The van der Waals surface area contributed by atoms with Crippen LogP contribution in [-0.2, 0) is 0 Å². The molecule has 1 heterocycles. The molecular formula is C14H19N3O2S. The SMILES string of the molecule is COc1ccc2nc(SCC(O)(CN)C3CC3)[nH]c2c1. The van der Waals surface area contributed by atoms with Crippen LogP contribution in [-0.4, -0.2) is 40.1 Å². The van der Waals surface area contributed by atoms with Crippen molar-refractivity contribution in [1.29, 1.82) is 0 Å². The van der Waals surface area contributed by atoms with Crippen LogP contribution in [0.3, 0.4) is 0 Å². The molecule has 6 heteroatoms. The van der Waals surface area contributed by atoms with Crippen molar-refractivity contribution in [2.75, 3.05) is 19.4 Å². The van der Waals surface area contributed by atoms with Gasteiger partial charge in [-0.25, -0.2) is 4.98 Å². The molecule has 108 valence electrons. The number of methoxy groups -OCH3 is 1. The number of fused-ring (bicyclic) bond motifs is 1. The zero-order chi connectivity index (χ0) is 14.2. The molecule has 1 unspecified atom stereocenters. The Balaban J connectivity index is 1.74. The van der Waals surface area contributed by atoms with E-state index in [1.807, 2.05) is 18.2 Å². The molecule has 0 amide bonds. The van der Waals surface area contributed by atoms with Gasteiger partial charge in [0.05, 0.1) is 23.7 Å². The van der Waals surface area contributed by atoms with Gasteiger partial charge < -0.3 is 20.6 Å². The zero-order valence-corrected chi connectivity index (χ0v) is 12.2. The standard InChI is InChI=1S/C14H19N3O2S/c1-19-10-4-5-11-12(6-10)17-13(16-11)20-8-14(18,7-15)9-2-3-9/h4-6,9,18H,2-3,7-8,15H2,1H3,(H,16,17). The van der Waals surface area contributed by atoms with Gasteiger partial charge in [0, 0.05) is 18.4 Å². The first kappa shape index (κ1) is 13.7. The minimum absolute atomic E-state index is 0.304. The number of hydrogen-bond acceptors (Lipinski definition) is 5. The van der Waals surface area contributed by atoms with E-state index in [2.05, 4.69) is 9.97 Å². The largest absolute Gasteiger partial charge is 0.497 e. The monoisotopic (exact) mass is 293 g/mol. The number of aliphatic hydroxyl groups is 1. The number of aromatic amines is 1. The summed E-state index contributed by atoms with van der Waals surface area (Å²) in [6.07, 6.45) is 2.15. The van der Waals surface area contributed by atoms with Gasteiger partial charge in [-0.2, -0.15) is 0 Å². The number of nitrogens with one attached hydrogen (secondary N) is 1. The average molecular weight is 293 g/mol. The van der Waals surface area contributed by atoms with Gasteiger partial charge in [-0.05, 0) is 30.9 Å². The van der Waals surface area contributed by atoms with Crippen LogP contribution >= 0.6 is 11.8 Å². The molecule has 1 aliphatic carbocycles. The van der Waals surface area contributed by atoms with E-state index < -0.39 is 5.60 Å². The number of rotatable bonds is 6. The van der Waals surface area contributed by atoms with Crippen LogP contribution in [0.15, 0.2) is 23.4 Å². The summed E-state index contributed by atoms with van der Waals surface area (Å²) in [7, 11) is 1.64. The van der Waals surface area contributed by atoms with Crippen LogP contribution in [0.1, 0.15) is 12.8 Å². The third-order valence-electron chi connectivity index (χ3n) is 3.82. The van der Waals surface area contributed by atoms with Crippen LogP contribution in [0.2, 0.25) is 0 Å². The Labute approximate surface area is 121 Å². The number of benzene rings is 1. The van der Waals surface area contributed by atoms with Gasteiger partial charge in [0.15, 0.2) is 5.16 Å². The number of nitrogens with zero attached hydrogens (tertiary/aromatic N) is 1. The Kier molecular flexibility index (Phi) is 3.62. The van der Waals surface area contributed by atoms with E-state index in [1.165, 1.54) is 11.8 Å². The predicted octanol–water partition coefficient (Wildman–Crippen LogP) is 1.76. The molecule has 2 aromatic rings. The Morgan fingerprint density at radius 1 is 1.55 bits per heavy atom. The smallest absolute Gasteiger partial charge is 0.166 e. The number of imidazole rings is 1. The van der Waals surface area contributed by atoms with Gasteiger partial charge in [-0.1, -0.05) is 11.8 Å². The zero-order valence-electron chi connectivity index (χ0n) is 11.4. The fourth-order valence-electron chi connectivity index (χ4n) is 2.32. The second-order valence-corrected chi connectivity index (χ2v) is 6.26. The highest BCUT2D eigenvalue weighted by atomic mass is 32.2. The van der Waals surface area contributed by atoms with E-state index >= 15 is 0 Å². The molecule has 0 spiro atoms. The van der Waals surface area contributed by atoms with Gasteiger partial charge in [-0.3, -0.25) is 0 Å². The molecule has 1 aliphatic rings. The molecule has 0 saturated heterocycles. The highest BCUT2D eigenvalue weighted by Crippen LogP contribution is 2.41. The molecule has 4 N–H and O–H groups in total. The maximum absolute atomic E-state index is 10.5. The Hall–Kier alpha value is -1.24. The summed E-state index contributed by atoms with van der Waals surface area (Å²) >= 11 is 1.52. The minimum Gasteiger partial charge on any atom is -0.497 e. The first-order valence-corrected chi connectivity index (χ1v) is 7.72. The van der Waals surface area contributed by atoms with Gasteiger partial charge in [0.1, 0.15) is 5.75 Å². The van der Waals surface area contributed by atoms with Gasteiger partial charge in [0.25, 0.3) is 0 Å². The summed E-state index contributed by atoms with van der Waals surface area (Å²) in [6.45, 7) is 0.304. The van der Waals surface area contributed by atoms with E-state index in [-0.39, 0.29) is 0 Å². The second kappa shape index (κ2) is 5.27. The molecular weight excluding hydrogens is 274 g/mol. The number of hydrogen-bond donors (Lipinski definition) is 3. The first-order chi connectivity index (χ1) is 9.64. The van der Waals surface area contributed by atoms with Crippen LogP contribution < -0.4 is 10.5 Å². The van der Waals surface area contributed by atoms with E-state index in [4.69, 9.17) is 10.5 Å². The van der Waals surface area contributed by atoms with Crippen molar-refractivity contribution in [1.82, 2.24) is 9.97 Å². The highest BCUT2D eigenvalue weighted by Gasteiger charge is 2.42. The Morgan fingerprint density at radius 2 is 2.35 bits per heavy atom. The molecule has 1 fully saturated rings. The molecule has 20 heavy (non-hydrogen) atoms. The van der Waals surface area contributed by atoms with E-state index in [9.17, 15) is 5.11 Å². The maximum atomic E-state index is 10.5. The van der Waals surface area contributed by atoms with E-state index in [0.29, 0.717) is 18.2 Å². The van der Waals surface area contributed by atoms with Crippen molar-refractivity contribution in [3.8, 4) is 5.75 Å². The lowest BCUT2D eigenvalue weighted by Crippen LogP contribution is -2.42. The normalized spacial score (nSPS) is 18.1. The third kappa shape index (κ3) is 2.63. The second-order valence-electron chi connectivity index (χ2n) is 5.30. The lowest BCUT2D eigenvalue weighted by molar-refractivity contribution is 0.0509. The quantitative estimate of drug-likeness (QED) is 0.707. The van der Waals surface area contributed by atoms with Crippen molar-refractivity contribution in [2.24, 2.45) is 11.7 Å². The molecule has 0 radical (unpaired) electrons. The Bertz CT molecular complexity index is 611. The van der Waals surface area contributed by atoms with Crippen molar-refractivity contribution in [3.05, 3.63) is 18.2 Å². The summed E-state index contributed by atoms with van der Waals surface area (Å²) in [5, 5.41) is 11.3. The molecule has 0 aliphatic heterocycles. The summed E-state index contributed by atoms with van der Waals surface area (Å²) in [5.74, 6) is 1.73. The van der Waals surface area contributed by atoms with Crippen molar-refractivity contribution in [3.63, 3.8) is 0 Å². The molecule has 1 aromatic carbocycles. The summed E-state index contributed by atoms with van der Waals surface area (Å²) < 4.78 is 5.19. The maximum Gasteiger partial charge on any atom is 0.166 e. The van der Waals surface area contributed by atoms with E-state index in [1.54, 1.807) is 7.11 Å². The van der Waals surface area contributed by atoms with Crippen LogP contribution in [0, 0.1) is 5.92 Å². The number of H-pyrrole nitrogens is 1. The van der Waals surface area contributed by atoms with E-state index in [0.717, 1.165) is 34.8 Å². The molecule has 0 bridgehead atoms. The lowest BCUT2D eigenvalue weighted by Gasteiger charge is -2.25. The third-order valence-corrected chi connectivity index (χ3v) is 4.93. The van der Waals surface area contributed by atoms with Crippen molar-refractivity contribution >= 4 is 22.8 Å². The van der Waals surface area contributed by atoms with Crippen LogP contribution in [0.25, 0.3) is 11.0 Å². The lowest BCUT2D eigenvalue weighted by atomic mass is 10.0.